The highest BCUT2D eigenvalue weighted by atomic mass is 35.5. The number of rotatable bonds is 5. The van der Waals surface area contributed by atoms with E-state index in [4.69, 9.17) is 11.6 Å². The topological polar surface area (TPSA) is 70.2 Å². The lowest BCUT2D eigenvalue weighted by Gasteiger charge is -2.28. The second kappa shape index (κ2) is 8.31. The van der Waals surface area contributed by atoms with Gasteiger partial charge in [0, 0.05) is 19.2 Å². The molecule has 1 heterocycles. The van der Waals surface area contributed by atoms with Gasteiger partial charge in [0.1, 0.15) is 0 Å². The maximum Gasteiger partial charge on any atom is 0.252 e. The third-order valence-electron chi connectivity index (χ3n) is 4.37. The van der Waals surface area contributed by atoms with E-state index < -0.39 is 0 Å². The van der Waals surface area contributed by atoms with E-state index in [0.717, 1.165) is 13.1 Å². The van der Waals surface area contributed by atoms with Gasteiger partial charge in [0.05, 0.1) is 10.6 Å². The smallest absolute Gasteiger partial charge is 0.252 e. The molecule has 1 saturated heterocycles. The van der Waals surface area contributed by atoms with E-state index >= 15 is 0 Å². The van der Waals surface area contributed by atoms with Crippen molar-refractivity contribution in [1.29, 1.82) is 0 Å². The number of halogens is 1. The van der Waals surface area contributed by atoms with E-state index in [1.165, 1.54) is 12.8 Å². The summed E-state index contributed by atoms with van der Waals surface area (Å²) in [5.41, 5.74) is 1.01. The first-order valence-corrected chi connectivity index (χ1v) is 8.41. The Kier molecular flexibility index (Phi) is 6.42. The normalized spacial score (nSPS) is 19.0. The molecule has 0 aromatic heterocycles. The number of hydrogen-bond acceptors (Lipinski definition) is 3. The van der Waals surface area contributed by atoms with Crippen molar-refractivity contribution in [3.8, 4) is 0 Å². The molecule has 0 bridgehead atoms. The molecule has 126 valence electrons. The predicted molar refractivity (Wildman–Crippen MR) is 92.8 cm³/mol. The largest absolute Gasteiger partial charge is 0.355 e. The third kappa shape index (κ3) is 4.94. The summed E-state index contributed by atoms with van der Waals surface area (Å²) in [7, 11) is 1.55. The minimum Gasteiger partial charge on any atom is -0.355 e. The molecule has 1 aromatic rings. The summed E-state index contributed by atoms with van der Waals surface area (Å²) < 4.78 is 0. The molecule has 1 aliphatic heterocycles. The Labute approximate surface area is 142 Å². The molecule has 1 aliphatic rings. The number of nitrogens with one attached hydrogen (secondary N) is 3. The fourth-order valence-corrected chi connectivity index (χ4v) is 3.21. The van der Waals surface area contributed by atoms with Crippen molar-refractivity contribution in [3.63, 3.8) is 0 Å². The van der Waals surface area contributed by atoms with Crippen molar-refractivity contribution in [2.75, 3.05) is 25.5 Å². The van der Waals surface area contributed by atoms with Gasteiger partial charge in [0.15, 0.2) is 0 Å². The van der Waals surface area contributed by atoms with Crippen LogP contribution in [0, 0.1) is 11.8 Å². The van der Waals surface area contributed by atoms with Crippen LogP contribution in [0.25, 0.3) is 0 Å². The Balaban J connectivity index is 1.92. The van der Waals surface area contributed by atoms with Crippen LogP contribution >= 0.6 is 11.6 Å². The average Bonchev–Trinajstić information content (AvgIpc) is 2.55. The minimum absolute atomic E-state index is 0.0215. The molecule has 0 radical (unpaired) electrons. The van der Waals surface area contributed by atoms with Crippen LogP contribution in [-0.4, -0.2) is 32.0 Å². The molecule has 23 heavy (non-hydrogen) atoms. The first-order chi connectivity index (χ1) is 11.0. The van der Waals surface area contributed by atoms with Crippen LogP contribution in [0.2, 0.25) is 5.02 Å². The van der Waals surface area contributed by atoms with E-state index in [0.29, 0.717) is 34.5 Å². The van der Waals surface area contributed by atoms with Gasteiger partial charge in [-0.1, -0.05) is 18.5 Å². The predicted octanol–water partition coefficient (Wildman–Crippen LogP) is 2.66. The zero-order valence-electron chi connectivity index (χ0n) is 13.6. The fraction of sp³-hybridized carbons (Fsp3) is 0.529. The second-order valence-electron chi connectivity index (χ2n) is 6.11. The summed E-state index contributed by atoms with van der Waals surface area (Å²) >= 11 is 6.09. The van der Waals surface area contributed by atoms with Gasteiger partial charge in [-0.05, 0) is 56.0 Å². The van der Waals surface area contributed by atoms with Crippen molar-refractivity contribution < 1.29 is 9.59 Å². The lowest BCUT2D eigenvalue weighted by molar-refractivity contribution is -0.117. The molecule has 2 atom stereocenters. The zero-order chi connectivity index (χ0) is 16.8. The van der Waals surface area contributed by atoms with Gasteiger partial charge in [0.2, 0.25) is 5.91 Å². The Bertz CT molecular complexity index is 571. The lowest BCUT2D eigenvalue weighted by Crippen LogP contribution is -2.34. The number of benzene rings is 1. The summed E-state index contributed by atoms with van der Waals surface area (Å²) in [6, 6.07) is 4.92. The van der Waals surface area contributed by atoms with Crippen molar-refractivity contribution >= 4 is 29.1 Å². The molecule has 0 spiro atoms. The number of piperidine rings is 1. The number of anilines is 1. The van der Waals surface area contributed by atoms with Crippen LogP contribution in [0.4, 0.5) is 5.69 Å². The first-order valence-electron chi connectivity index (χ1n) is 8.03. The zero-order valence-corrected chi connectivity index (χ0v) is 14.4. The van der Waals surface area contributed by atoms with Gasteiger partial charge in [-0.15, -0.1) is 0 Å². The van der Waals surface area contributed by atoms with E-state index in [9.17, 15) is 9.59 Å². The molecule has 6 heteroatoms. The summed E-state index contributed by atoms with van der Waals surface area (Å²) in [5.74, 6) is 0.621. The first kappa shape index (κ1) is 17.8. The van der Waals surface area contributed by atoms with E-state index in [-0.39, 0.29) is 11.8 Å². The average molecular weight is 338 g/mol. The highest BCUT2D eigenvalue weighted by molar-refractivity contribution is 6.34. The summed E-state index contributed by atoms with van der Waals surface area (Å²) in [4.78, 5) is 23.8. The Hall–Kier alpha value is -1.59. The summed E-state index contributed by atoms with van der Waals surface area (Å²) in [6.07, 6.45) is 2.84. The van der Waals surface area contributed by atoms with E-state index in [1.807, 2.05) is 0 Å². The van der Waals surface area contributed by atoms with E-state index in [2.05, 4.69) is 22.9 Å². The molecule has 0 saturated carbocycles. The SMILES string of the molecule is CNC(=O)c1ccc(NC(=O)CC(C)C2CCCNC2)cc1Cl. The third-order valence-corrected chi connectivity index (χ3v) is 4.68. The van der Waals surface area contributed by atoms with E-state index in [1.54, 1.807) is 25.2 Å². The van der Waals surface area contributed by atoms with Crippen LogP contribution in [-0.2, 0) is 4.79 Å². The van der Waals surface area contributed by atoms with Gasteiger partial charge in [-0.2, -0.15) is 0 Å². The number of hydrogen-bond donors (Lipinski definition) is 3. The van der Waals surface area contributed by atoms with Gasteiger partial charge < -0.3 is 16.0 Å². The number of carbonyl (C=O) groups excluding carboxylic acids is 2. The molecule has 2 rings (SSSR count). The van der Waals surface area contributed by atoms with Crippen molar-refractivity contribution in [2.24, 2.45) is 11.8 Å². The molecular weight excluding hydrogens is 314 g/mol. The molecule has 3 N–H and O–H groups in total. The highest BCUT2D eigenvalue weighted by Crippen LogP contribution is 2.24. The van der Waals surface area contributed by atoms with Crippen molar-refractivity contribution in [1.82, 2.24) is 10.6 Å². The van der Waals surface area contributed by atoms with Crippen molar-refractivity contribution in [3.05, 3.63) is 28.8 Å². The lowest BCUT2D eigenvalue weighted by atomic mass is 9.85. The summed E-state index contributed by atoms with van der Waals surface area (Å²) in [6.45, 7) is 4.19. The Morgan fingerprint density at radius 3 is 2.83 bits per heavy atom. The van der Waals surface area contributed by atoms with Crippen molar-refractivity contribution in [2.45, 2.75) is 26.2 Å². The van der Waals surface area contributed by atoms with Gasteiger partial charge in [0.25, 0.3) is 5.91 Å². The molecule has 1 fully saturated rings. The van der Waals surface area contributed by atoms with Gasteiger partial charge >= 0.3 is 0 Å². The number of amides is 2. The summed E-state index contributed by atoms with van der Waals surface area (Å²) in [5, 5.41) is 9.10. The fourth-order valence-electron chi connectivity index (χ4n) is 2.95. The molecule has 2 unspecified atom stereocenters. The number of carbonyl (C=O) groups is 2. The Morgan fingerprint density at radius 2 is 2.22 bits per heavy atom. The molecule has 1 aromatic carbocycles. The highest BCUT2D eigenvalue weighted by Gasteiger charge is 2.22. The molecular formula is C17H24ClN3O2. The maximum atomic E-state index is 12.2. The van der Waals surface area contributed by atoms with Crippen LogP contribution in [0.3, 0.4) is 0 Å². The Morgan fingerprint density at radius 1 is 1.43 bits per heavy atom. The molecule has 5 nitrogen and oxygen atoms in total. The maximum absolute atomic E-state index is 12.2. The quantitative estimate of drug-likeness (QED) is 0.773. The monoisotopic (exact) mass is 337 g/mol. The minimum atomic E-state index is -0.244. The molecule has 2 amide bonds. The van der Waals surface area contributed by atoms with Crippen LogP contribution in [0.5, 0.6) is 0 Å². The van der Waals surface area contributed by atoms with Crippen LogP contribution in [0.1, 0.15) is 36.5 Å². The van der Waals surface area contributed by atoms with Gasteiger partial charge in [-0.3, -0.25) is 9.59 Å². The van der Waals surface area contributed by atoms with Gasteiger partial charge in [-0.25, -0.2) is 0 Å². The molecule has 0 aliphatic carbocycles. The van der Waals surface area contributed by atoms with Crippen LogP contribution in [0.15, 0.2) is 18.2 Å². The van der Waals surface area contributed by atoms with Crippen LogP contribution < -0.4 is 16.0 Å². The second-order valence-corrected chi connectivity index (χ2v) is 6.52. The standard InChI is InChI=1S/C17H24ClN3O2/c1-11(12-4-3-7-20-10-12)8-16(22)21-13-5-6-14(15(18)9-13)17(23)19-2/h5-6,9,11-12,20H,3-4,7-8,10H2,1-2H3,(H,19,23)(H,21,22).